The highest BCUT2D eigenvalue weighted by molar-refractivity contribution is 7.90. The number of sulfone groups is 1. The lowest BCUT2D eigenvalue weighted by molar-refractivity contribution is -0.139. The first-order chi connectivity index (χ1) is 7.90. The van der Waals surface area contributed by atoms with Crippen molar-refractivity contribution in [1.82, 2.24) is 5.32 Å². The number of rotatable bonds is 6. The Kier molecular flexibility index (Phi) is 4.65. The van der Waals surface area contributed by atoms with Gasteiger partial charge in [-0.15, -0.1) is 0 Å². The maximum Gasteiger partial charge on any atom is 0.325 e. The van der Waals surface area contributed by atoms with E-state index >= 15 is 0 Å². The van der Waals surface area contributed by atoms with E-state index in [4.69, 9.17) is 5.11 Å². The second kappa shape index (κ2) is 5.79. The molecule has 1 aromatic carbocycles. The van der Waals surface area contributed by atoms with E-state index in [1.807, 2.05) is 0 Å². The number of aliphatic carboxylic acids is 1. The van der Waals surface area contributed by atoms with E-state index in [2.05, 4.69) is 5.32 Å². The molecule has 1 atom stereocenters. The fourth-order valence-corrected chi connectivity index (χ4v) is 1.87. The fourth-order valence-electron chi connectivity index (χ4n) is 1.38. The first-order valence-electron chi connectivity index (χ1n) is 5.09. The Bertz CT molecular complexity index is 470. The molecule has 0 aliphatic rings. The molecule has 1 unspecified atom stereocenters. The number of carboxylic acid groups (broad SMARTS) is 1. The predicted molar refractivity (Wildman–Crippen MR) is 64.5 cm³/mol. The summed E-state index contributed by atoms with van der Waals surface area (Å²) in [7, 11) is -3.08. The molecule has 0 amide bonds. The van der Waals surface area contributed by atoms with Gasteiger partial charge in [-0.1, -0.05) is 30.3 Å². The highest BCUT2D eigenvalue weighted by Gasteiger charge is 2.18. The van der Waals surface area contributed by atoms with Gasteiger partial charge >= 0.3 is 5.97 Å². The number of carboxylic acids is 1. The molecule has 0 spiro atoms. The third-order valence-electron chi connectivity index (χ3n) is 2.20. The number of carbonyl (C=O) groups is 1. The van der Waals surface area contributed by atoms with Gasteiger partial charge in [0.2, 0.25) is 0 Å². The van der Waals surface area contributed by atoms with Crippen molar-refractivity contribution in [2.45, 2.75) is 6.04 Å². The molecular formula is C11H15NO4S. The quantitative estimate of drug-likeness (QED) is 0.773. The zero-order valence-corrected chi connectivity index (χ0v) is 10.3. The first-order valence-corrected chi connectivity index (χ1v) is 7.15. The van der Waals surface area contributed by atoms with Crippen LogP contribution in [0.3, 0.4) is 0 Å². The van der Waals surface area contributed by atoms with Crippen molar-refractivity contribution in [3.8, 4) is 0 Å². The average molecular weight is 257 g/mol. The summed E-state index contributed by atoms with van der Waals surface area (Å²) in [6, 6.07) is 7.77. The summed E-state index contributed by atoms with van der Waals surface area (Å²) in [5.74, 6) is -1.10. The van der Waals surface area contributed by atoms with E-state index in [0.29, 0.717) is 5.56 Å². The van der Waals surface area contributed by atoms with Gasteiger partial charge in [0.25, 0.3) is 0 Å². The summed E-state index contributed by atoms with van der Waals surface area (Å²) >= 11 is 0. The van der Waals surface area contributed by atoms with E-state index in [0.717, 1.165) is 6.26 Å². The van der Waals surface area contributed by atoms with Crippen LogP contribution in [-0.4, -0.2) is 38.0 Å². The molecule has 0 bridgehead atoms. The molecule has 2 N–H and O–H groups in total. The lowest BCUT2D eigenvalue weighted by Crippen LogP contribution is -2.32. The Morgan fingerprint density at radius 3 is 2.41 bits per heavy atom. The molecule has 94 valence electrons. The van der Waals surface area contributed by atoms with Crippen LogP contribution in [0.1, 0.15) is 11.6 Å². The van der Waals surface area contributed by atoms with Gasteiger partial charge < -0.3 is 5.11 Å². The highest BCUT2D eigenvalue weighted by Crippen LogP contribution is 2.12. The molecule has 0 aliphatic carbocycles. The lowest BCUT2D eigenvalue weighted by atomic mass is 10.1. The molecule has 17 heavy (non-hydrogen) atoms. The molecule has 5 nitrogen and oxygen atoms in total. The zero-order valence-electron chi connectivity index (χ0n) is 9.46. The van der Waals surface area contributed by atoms with E-state index in [-0.39, 0.29) is 12.3 Å². The number of hydrogen-bond donors (Lipinski definition) is 2. The maximum absolute atomic E-state index is 11.0. The minimum absolute atomic E-state index is 0.0797. The average Bonchev–Trinajstić information content (AvgIpc) is 2.23. The van der Waals surface area contributed by atoms with E-state index < -0.39 is 21.8 Å². The molecule has 0 heterocycles. The molecule has 0 radical (unpaired) electrons. The van der Waals surface area contributed by atoms with E-state index in [1.54, 1.807) is 30.3 Å². The Balaban J connectivity index is 2.66. The van der Waals surface area contributed by atoms with Gasteiger partial charge in [0.05, 0.1) is 5.75 Å². The molecule has 0 aliphatic heterocycles. The minimum Gasteiger partial charge on any atom is -0.480 e. The summed E-state index contributed by atoms with van der Waals surface area (Å²) in [4.78, 5) is 11.0. The van der Waals surface area contributed by atoms with Crippen LogP contribution in [0.25, 0.3) is 0 Å². The van der Waals surface area contributed by atoms with Crippen LogP contribution in [0, 0.1) is 0 Å². The van der Waals surface area contributed by atoms with Crippen LogP contribution in [0.15, 0.2) is 30.3 Å². The third-order valence-corrected chi connectivity index (χ3v) is 3.15. The predicted octanol–water partition coefficient (Wildman–Crippen LogP) is 0.446. The highest BCUT2D eigenvalue weighted by atomic mass is 32.2. The topological polar surface area (TPSA) is 83.5 Å². The van der Waals surface area contributed by atoms with Gasteiger partial charge in [0.15, 0.2) is 0 Å². The Morgan fingerprint density at radius 1 is 1.35 bits per heavy atom. The van der Waals surface area contributed by atoms with E-state index in [9.17, 15) is 13.2 Å². The lowest BCUT2D eigenvalue weighted by Gasteiger charge is -2.14. The van der Waals surface area contributed by atoms with Crippen molar-refractivity contribution in [3.63, 3.8) is 0 Å². The van der Waals surface area contributed by atoms with Crippen LogP contribution < -0.4 is 5.32 Å². The molecule has 6 heteroatoms. The van der Waals surface area contributed by atoms with Crippen molar-refractivity contribution in [3.05, 3.63) is 35.9 Å². The van der Waals surface area contributed by atoms with Gasteiger partial charge in [-0.3, -0.25) is 10.1 Å². The van der Waals surface area contributed by atoms with Gasteiger partial charge in [-0.05, 0) is 5.56 Å². The van der Waals surface area contributed by atoms with Crippen LogP contribution in [0.4, 0.5) is 0 Å². The molecule has 1 aromatic rings. The maximum atomic E-state index is 11.0. The van der Waals surface area contributed by atoms with Crippen LogP contribution in [-0.2, 0) is 14.6 Å². The summed E-state index contributed by atoms with van der Waals surface area (Å²) in [5, 5.41) is 11.8. The van der Waals surface area contributed by atoms with E-state index in [1.165, 1.54) is 0 Å². The largest absolute Gasteiger partial charge is 0.480 e. The molecule has 0 saturated carbocycles. The zero-order chi connectivity index (χ0) is 12.9. The number of hydrogen-bond acceptors (Lipinski definition) is 4. The Morgan fingerprint density at radius 2 is 1.94 bits per heavy atom. The molecular weight excluding hydrogens is 242 g/mol. The second-order valence-corrected chi connectivity index (χ2v) is 6.03. The summed E-state index contributed by atoms with van der Waals surface area (Å²) < 4.78 is 21.9. The van der Waals surface area contributed by atoms with Crippen molar-refractivity contribution in [1.29, 1.82) is 0 Å². The number of benzene rings is 1. The fraction of sp³-hybridized carbons (Fsp3) is 0.364. The minimum atomic E-state index is -3.08. The van der Waals surface area contributed by atoms with Crippen molar-refractivity contribution in [2.24, 2.45) is 0 Å². The molecule has 0 fully saturated rings. The first kappa shape index (κ1) is 13.7. The van der Waals surface area contributed by atoms with Crippen molar-refractivity contribution < 1.29 is 18.3 Å². The Labute approximate surface area is 100 Å². The van der Waals surface area contributed by atoms with Crippen LogP contribution in [0.2, 0.25) is 0 Å². The third kappa shape index (κ3) is 4.97. The monoisotopic (exact) mass is 257 g/mol. The summed E-state index contributed by atoms with van der Waals surface area (Å²) in [5.41, 5.74) is 0.605. The smallest absolute Gasteiger partial charge is 0.325 e. The van der Waals surface area contributed by atoms with Gasteiger partial charge in [0, 0.05) is 12.8 Å². The van der Waals surface area contributed by atoms with Crippen molar-refractivity contribution in [2.75, 3.05) is 18.6 Å². The summed E-state index contributed by atoms with van der Waals surface area (Å²) in [6.45, 7) is 0.116. The standard InChI is InChI=1S/C11H15NO4S/c1-17(15,16)8-7-12-10(11(13)14)9-5-3-2-4-6-9/h2-6,10,12H,7-8H2,1H3,(H,13,14). The van der Waals surface area contributed by atoms with Crippen LogP contribution in [0.5, 0.6) is 0 Å². The van der Waals surface area contributed by atoms with Crippen molar-refractivity contribution >= 4 is 15.8 Å². The van der Waals surface area contributed by atoms with Gasteiger partial charge in [-0.25, -0.2) is 8.42 Å². The summed E-state index contributed by atoms with van der Waals surface area (Å²) in [6.07, 6.45) is 1.12. The second-order valence-electron chi connectivity index (χ2n) is 3.77. The SMILES string of the molecule is CS(=O)(=O)CCNC(C(=O)O)c1ccccc1. The molecule has 0 aromatic heterocycles. The van der Waals surface area contributed by atoms with Gasteiger partial charge in [0.1, 0.15) is 15.9 Å². The number of nitrogens with one attached hydrogen (secondary N) is 1. The Hall–Kier alpha value is -1.40. The van der Waals surface area contributed by atoms with Gasteiger partial charge in [-0.2, -0.15) is 0 Å². The molecule has 0 saturated heterocycles. The normalized spacial score (nSPS) is 13.2. The molecule has 1 rings (SSSR count). The van der Waals surface area contributed by atoms with Crippen LogP contribution >= 0.6 is 0 Å².